The van der Waals surface area contributed by atoms with Crippen LogP contribution in [0.25, 0.3) is 0 Å². The summed E-state index contributed by atoms with van der Waals surface area (Å²) in [6, 6.07) is 10.2. The Kier molecular flexibility index (Phi) is 3.42. The lowest BCUT2D eigenvalue weighted by Gasteiger charge is -2.10. The predicted molar refractivity (Wildman–Crippen MR) is 76.4 cm³/mol. The van der Waals surface area contributed by atoms with Crippen molar-refractivity contribution in [1.29, 1.82) is 0 Å². The highest BCUT2D eigenvalue weighted by atomic mass is 16.3. The van der Waals surface area contributed by atoms with E-state index < -0.39 is 0 Å². The lowest BCUT2D eigenvalue weighted by atomic mass is 10.1. The van der Waals surface area contributed by atoms with Gasteiger partial charge in [0.2, 0.25) is 0 Å². The largest absolute Gasteiger partial charge is 0.507 e. The fourth-order valence-electron chi connectivity index (χ4n) is 1.80. The normalized spacial score (nSPS) is 10.2. The maximum Gasteiger partial charge on any atom is 0.259 e. The lowest BCUT2D eigenvalue weighted by molar-refractivity contribution is 0.102. The van der Waals surface area contributed by atoms with Gasteiger partial charge >= 0.3 is 0 Å². The summed E-state index contributed by atoms with van der Waals surface area (Å²) in [4.78, 5) is 12.1. The molecule has 2 aromatic carbocycles. The second-order valence-electron chi connectivity index (χ2n) is 4.55. The molecular formula is C15H16N2O2. The summed E-state index contributed by atoms with van der Waals surface area (Å²) in [7, 11) is 0. The minimum Gasteiger partial charge on any atom is -0.507 e. The van der Waals surface area contributed by atoms with Crippen LogP contribution in [0.2, 0.25) is 0 Å². The van der Waals surface area contributed by atoms with E-state index in [2.05, 4.69) is 5.32 Å². The number of hydrogen-bond acceptors (Lipinski definition) is 3. The number of benzene rings is 2. The second kappa shape index (κ2) is 5.02. The molecule has 0 heterocycles. The highest BCUT2D eigenvalue weighted by Gasteiger charge is 2.12. The van der Waals surface area contributed by atoms with Crippen molar-refractivity contribution >= 4 is 17.3 Å². The highest BCUT2D eigenvalue weighted by Crippen LogP contribution is 2.22. The molecule has 98 valence electrons. The van der Waals surface area contributed by atoms with E-state index in [1.165, 1.54) is 6.07 Å². The van der Waals surface area contributed by atoms with Crippen LogP contribution in [0, 0.1) is 13.8 Å². The number of carbonyl (C=O) groups is 1. The number of phenolic OH excluding ortho intramolecular Hbond substituents is 1. The number of nitrogens with two attached hydrogens (primary N) is 1. The van der Waals surface area contributed by atoms with Crippen LogP contribution in [-0.4, -0.2) is 11.0 Å². The fraction of sp³-hybridized carbons (Fsp3) is 0.133. The van der Waals surface area contributed by atoms with E-state index in [-0.39, 0.29) is 17.2 Å². The first-order valence-corrected chi connectivity index (χ1v) is 5.94. The summed E-state index contributed by atoms with van der Waals surface area (Å²) in [6.07, 6.45) is 0. The third kappa shape index (κ3) is 2.85. The van der Waals surface area contributed by atoms with Gasteiger partial charge in [-0.05, 0) is 43.7 Å². The molecule has 0 saturated carbocycles. The smallest absolute Gasteiger partial charge is 0.259 e. The van der Waals surface area contributed by atoms with Gasteiger partial charge in [0, 0.05) is 11.4 Å². The van der Waals surface area contributed by atoms with Crippen LogP contribution in [0.15, 0.2) is 36.4 Å². The zero-order valence-corrected chi connectivity index (χ0v) is 10.9. The number of hydrogen-bond donors (Lipinski definition) is 3. The zero-order chi connectivity index (χ0) is 14.0. The molecule has 0 atom stereocenters. The van der Waals surface area contributed by atoms with Gasteiger partial charge in [-0.15, -0.1) is 0 Å². The topological polar surface area (TPSA) is 75.3 Å². The standard InChI is InChI=1S/C15H16N2O2/c1-9-3-6-14(18)12(7-9)15(19)17-13-8-11(16)5-4-10(13)2/h3-8,18H,16H2,1-2H3,(H,17,19). The van der Waals surface area contributed by atoms with Gasteiger partial charge in [0.15, 0.2) is 0 Å². The van der Waals surface area contributed by atoms with Gasteiger partial charge < -0.3 is 16.2 Å². The van der Waals surface area contributed by atoms with E-state index >= 15 is 0 Å². The van der Waals surface area contributed by atoms with Crippen LogP contribution in [-0.2, 0) is 0 Å². The summed E-state index contributed by atoms with van der Waals surface area (Å²) >= 11 is 0. The first-order chi connectivity index (χ1) is 8.97. The highest BCUT2D eigenvalue weighted by molar-refractivity contribution is 6.06. The minimum atomic E-state index is -0.352. The molecule has 4 heteroatoms. The van der Waals surface area contributed by atoms with Crippen molar-refractivity contribution in [1.82, 2.24) is 0 Å². The molecule has 2 rings (SSSR count). The molecule has 0 radical (unpaired) electrons. The first kappa shape index (κ1) is 13.0. The van der Waals surface area contributed by atoms with Gasteiger partial charge in [-0.1, -0.05) is 17.7 Å². The third-order valence-corrected chi connectivity index (χ3v) is 2.91. The Bertz CT molecular complexity index is 636. The van der Waals surface area contributed by atoms with Crippen LogP contribution in [0.4, 0.5) is 11.4 Å². The molecule has 2 aromatic rings. The molecule has 0 fully saturated rings. The molecular weight excluding hydrogens is 240 g/mol. The Hall–Kier alpha value is -2.49. The molecule has 19 heavy (non-hydrogen) atoms. The number of rotatable bonds is 2. The SMILES string of the molecule is Cc1ccc(O)c(C(=O)Nc2cc(N)ccc2C)c1. The molecule has 4 N–H and O–H groups in total. The Morgan fingerprint density at radius 3 is 2.63 bits per heavy atom. The summed E-state index contributed by atoms with van der Waals surface area (Å²) in [5, 5.41) is 12.5. The van der Waals surface area contributed by atoms with Crippen molar-refractivity contribution in [3.63, 3.8) is 0 Å². The quantitative estimate of drug-likeness (QED) is 0.723. The maximum atomic E-state index is 12.1. The molecule has 0 saturated heterocycles. The van der Waals surface area contributed by atoms with Crippen molar-refractivity contribution in [3.8, 4) is 5.75 Å². The van der Waals surface area contributed by atoms with Crippen molar-refractivity contribution in [2.24, 2.45) is 0 Å². The molecule has 0 aliphatic heterocycles. The van der Waals surface area contributed by atoms with Gasteiger partial charge in [-0.3, -0.25) is 4.79 Å². The van der Waals surface area contributed by atoms with Crippen molar-refractivity contribution in [3.05, 3.63) is 53.1 Å². The number of nitrogens with one attached hydrogen (secondary N) is 1. The van der Waals surface area contributed by atoms with E-state index in [9.17, 15) is 9.90 Å². The summed E-state index contributed by atoms with van der Waals surface area (Å²) < 4.78 is 0. The average molecular weight is 256 g/mol. The van der Waals surface area contributed by atoms with E-state index in [1.807, 2.05) is 19.9 Å². The van der Waals surface area contributed by atoms with Gasteiger partial charge in [-0.25, -0.2) is 0 Å². The van der Waals surface area contributed by atoms with E-state index in [0.717, 1.165) is 11.1 Å². The molecule has 0 aliphatic carbocycles. The van der Waals surface area contributed by atoms with Crippen LogP contribution >= 0.6 is 0 Å². The molecule has 1 amide bonds. The number of anilines is 2. The van der Waals surface area contributed by atoms with Gasteiger partial charge in [0.25, 0.3) is 5.91 Å². The van der Waals surface area contributed by atoms with Gasteiger partial charge in [0.05, 0.1) is 5.56 Å². The van der Waals surface area contributed by atoms with Crippen molar-refractivity contribution in [2.45, 2.75) is 13.8 Å². The van der Waals surface area contributed by atoms with Crippen LogP contribution in [0.1, 0.15) is 21.5 Å². The Labute approximate surface area is 111 Å². The average Bonchev–Trinajstić information content (AvgIpc) is 2.36. The monoisotopic (exact) mass is 256 g/mol. The zero-order valence-electron chi connectivity index (χ0n) is 10.9. The lowest BCUT2D eigenvalue weighted by Crippen LogP contribution is -2.13. The van der Waals surface area contributed by atoms with Gasteiger partial charge in [0.1, 0.15) is 5.75 Å². The Morgan fingerprint density at radius 1 is 1.16 bits per heavy atom. The van der Waals surface area contributed by atoms with Gasteiger partial charge in [-0.2, -0.15) is 0 Å². The predicted octanol–water partition coefficient (Wildman–Crippen LogP) is 2.84. The van der Waals surface area contributed by atoms with E-state index in [4.69, 9.17) is 5.73 Å². The maximum absolute atomic E-state index is 12.1. The molecule has 0 spiro atoms. The molecule has 0 bridgehead atoms. The number of carbonyl (C=O) groups excluding carboxylic acids is 1. The second-order valence-corrected chi connectivity index (χ2v) is 4.55. The Morgan fingerprint density at radius 2 is 1.89 bits per heavy atom. The number of amides is 1. The molecule has 4 nitrogen and oxygen atoms in total. The summed E-state index contributed by atoms with van der Waals surface area (Å²) in [6.45, 7) is 3.74. The number of aryl methyl sites for hydroxylation is 2. The van der Waals surface area contributed by atoms with Crippen LogP contribution in [0.3, 0.4) is 0 Å². The molecule has 0 aliphatic rings. The molecule has 0 unspecified atom stereocenters. The molecule has 0 aromatic heterocycles. The minimum absolute atomic E-state index is 0.0374. The van der Waals surface area contributed by atoms with Crippen molar-refractivity contribution < 1.29 is 9.90 Å². The fourth-order valence-corrected chi connectivity index (χ4v) is 1.80. The van der Waals surface area contributed by atoms with Crippen LogP contribution < -0.4 is 11.1 Å². The van der Waals surface area contributed by atoms with Crippen molar-refractivity contribution in [2.75, 3.05) is 11.1 Å². The first-order valence-electron chi connectivity index (χ1n) is 5.94. The number of aromatic hydroxyl groups is 1. The Balaban J connectivity index is 2.30. The number of phenols is 1. The third-order valence-electron chi connectivity index (χ3n) is 2.91. The summed E-state index contributed by atoms with van der Waals surface area (Å²) in [5.74, 6) is -0.389. The number of nitrogen functional groups attached to an aromatic ring is 1. The van der Waals surface area contributed by atoms with E-state index in [0.29, 0.717) is 11.4 Å². The van der Waals surface area contributed by atoms with Crippen LogP contribution in [0.5, 0.6) is 5.75 Å². The van der Waals surface area contributed by atoms with E-state index in [1.54, 1.807) is 24.3 Å². The summed E-state index contributed by atoms with van der Waals surface area (Å²) in [5.41, 5.74) is 8.99.